The Bertz CT molecular complexity index is 243. The van der Waals surface area contributed by atoms with Crippen LogP contribution in [0.15, 0.2) is 23.8 Å². The molecule has 0 aromatic rings. The Morgan fingerprint density at radius 1 is 1.05 bits per heavy atom. The Balaban J connectivity index is -0.000000138. The van der Waals surface area contributed by atoms with Gasteiger partial charge in [0.2, 0.25) is 0 Å². The van der Waals surface area contributed by atoms with Gasteiger partial charge in [0.05, 0.1) is 0 Å². The van der Waals surface area contributed by atoms with E-state index in [0.29, 0.717) is 12.0 Å². The van der Waals surface area contributed by atoms with Crippen LogP contribution in [0.3, 0.4) is 0 Å². The molecule has 1 rings (SSSR count). The molecule has 128 valence electrons. The molecule has 0 amide bonds. The molecule has 0 aromatic carbocycles. The zero-order valence-corrected chi connectivity index (χ0v) is 18.5. The fourth-order valence-electron chi connectivity index (χ4n) is 1.32. The third-order valence-electron chi connectivity index (χ3n) is 2.81. The molecule has 1 atom stereocenters. The fraction of sp³-hybridized carbons (Fsp3) is 0.722. The van der Waals surface area contributed by atoms with E-state index in [-0.39, 0.29) is 33.6 Å². The first-order valence-electron chi connectivity index (χ1n) is 7.66. The number of allylic oxidation sites excluding steroid dienone is 3. The summed E-state index contributed by atoms with van der Waals surface area (Å²) in [6, 6.07) is 0.474. The minimum atomic E-state index is 0. The zero-order valence-electron chi connectivity index (χ0n) is 16.1. The second-order valence-electron chi connectivity index (χ2n) is 5.00. The first-order valence-corrected chi connectivity index (χ1v) is 7.66. The van der Waals surface area contributed by atoms with Gasteiger partial charge >= 0.3 is 26.2 Å². The van der Waals surface area contributed by atoms with Crippen molar-refractivity contribution in [3.05, 3.63) is 47.2 Å². The van der Waals surface area contributed by atoms with Crippen molar-refractivity contribution in [2.45, 2.75) is 47.1 Å². The second kappa shape index (κ2) is 23.5. The molecule has 0 aromatic heterocycles. The second-order valence-corrected chi connectivity index (χ2v) is 5.00. The predicted octanol–water partition coefficient (Wildman–Crippen LogP) is 5.76. The monoisotopic (exact) mass is 385 g/mol. The van der Waals surface area contributed by atoms with Crippen LogP contribution in [0.1, 0.15) is 41.0 Å². The Labute approximate surface area is 159 Å². The van der Waals surface area contributed by atoms with Gasteiger partial charge in [0.15, 0.2) is 0 Å². The Morgan fingerprint density at radius 3 is 1.77 bits per heavy atom. The van der Waals surface area contributed by atoms with E-state index < -0.39 is 0 Å². The van der Waals surface area contributed by atoms with Crippen molar-refractivity contribution in [2.75, 3.05) is 33.7 Å². The average molecular weight is 387 g/mol. The Hall–Kier alpha value is 0.243. The minimum absolute atomic E-state index is 0. The van der Waals surface area contributed by atoms with Gasteiger partial charge in [-0.05, 0) is 12.3 Å². The van der Waals surface area contributed by atoms with Gasteiger partial charge in [-0.3, -0.25) is 0 Å². The summed E-state index contributed by atoms with van der Waals surface area (Å²) in [6.45, 7) is 13.4. The summed E-state index contributed by atoms with van der Waals surface area (Å²) in [5.41, 5.74) is 1.53. The maximum atomic E-state index is 4.50. The van der Waals surface area contributed by atoms with Crippen molar-refractivity contribution in [1.82, 2.24) is 0 Å². The van der Waals surface area contributed by atoms with E-state index in [1.165, 1.54) is 5.57 Å². The van der Waals surface area contributed by atoms with Crippen LogP contribution in [0.25, 0.3) is 16.0 Å². The van der Waals surface area contributed by atoms with Gasteiger partial charge in [-0.25, -0.2) is 0 Å². The maximum Gasteiger partial charge on any atom is 4.00 e. The van der Waals surface area contributed by atoms with Crippen molar-refractivity contribution < 1.29 is 26.2 Å². The number of nitrogens with zero attached hydrogens (tertiary/aromatic N) is 3. The smallest absolute Gasteiger partial charge is 0.665 e. The molecular weight excluding hydrogens is 349 g/mol. The standard InChI is InChI=1S/C11H18N.2C3H8N.CH3.Zr/c1-9(2)12-8-10(3)11-6-4-5-7-11;2*1-3-4-2;;/h4-6,9-10H,7-8H2,1-3H3;2*3H2,1-2H3;1H3;/q4*-1;+4. The molecule has 0 saturated carbocycles. The minimum Gasteiger partial charge on any atom is -0.665 e. The van der Waals surface area contributed by atoms with E-state index in [2.05, 4.69) is 54.9 Å². The van der Waals surface area contributed by atoms with Gasteiger partial charge in [0.25, 0.3) is 0 Å². The Morgan fingerprint density at radius 2 is 1.50 bits per heavy atom. The van der Waals surface area contributed by atoms with Crippen LogP contribution in [0.2, 0.25) is 0 Å². The predicted molar refractivity (Wildman–Crippen MR) is 100 cm³/mol. The molecule has 0 spiro atoms. The van der Waals surface area contributed by atoms with Crippen molar-refractivity contribution in [1.29, 1.82) is 0 Å². The first-order chi connectivity index (χ1) is 9.53. The van der Waals surface area contributed by atoms with Gasteiger partial charge in [-0.15, -0.1) is 12.6 Å². The van der Waals surface area contributed by atoms with Crippen LogP contribution in [-0.4, -0.2) is 39.8 Å². The van der Waals surface area contributed by atoms with Gasteiger partial charge in [-0.2, -0.15) is 27.2 Å². The molecule has 0 N–H and O–H groups in total. The van der Waals surface area contributed by atoms with Gasteiger partial charge in [0.1, 0.15) is 0 Å². The summed E-state index contributed by atoms with van der Waals surface area (Å²) in [6.07, 6.45) is 7.71. The molecule has 22 heavy (non-hydrogen) atoms. The van der Waals surface area contributed by atoms with Crippen LogP contribution in [0.4, 0.5) is 0 Å². The summed E-state index contributed by atoms with van der Waals surface area (Å²) in [7, 11) is 3.61. The summed E-state index contributed by atoms with van der Waals surface area (Å²) >= 11 is 0. The zero-order chi connectivity index (χ0) is 15.8. The first kappa shape index (κ1) is 30.2. The van der Waals surface area contributed by atoms with E-state index in [1.54, 1.807) is 14.1 Å². The summed E-state index contributed by atoms with van der Waals surface area (Å²) in [5.74, 6) is 0.627. The van der Waals surface area contributed by atoms with Crippen molar-refractivity contribution in [2.24, 2.45) is 5.92 Å². The molecule has 0 aliphatic heterocycles. The number of hydrogen-bond donors (Lipinski definition) is 0. The quantitative estimate of drug-likeness (QED) is 0.521. The van der Waals surface area contributed by atoms with Crippen LogP contribution in [0, 0.1) is 13.3 Å². The molecule has 3 nitrogen and oxygen atoms in total. The van der Waals surface area contributed by atoms with Gasteiger partial charge < -0.3 is 23.4 Å². The normalized spacial score (nSPS) is 12.8. The van der Waals surface area contributed by atoms with Crippen LogP contribution in [0.5, 0.6) is 0 Å². The molecule has 0 radical (unpaired) electrons. The topological polar surface area (TPSA) is 42.3 Å². The number of rotatable bonds is 6. The van der Waals surface area contributed by atoms with Gasteiger partial charge in [0, 0.05) is 0 Å². The van der Waals surface area contributed by atoms with Crippen molar-refractivity contribution in [3.63, 3.8) is 0 Å². The molecule has 1 unspecified atom stereocenters. The molecule has 1 aliphatic rings. The summed E-state index contributed by atoms with van der Waals surface area (Å²) in [5, 5.41) is 12.0. The van der Waals surface area contributed by atoms with E-state index in [0.717, 1.165) is 26.1 Å². The van der Waals surface area contributed by atoms with E-state index in [9.17, 15) is 0 Å². The van der Waals surface area contributed by atoms with Crippen molar-refractivity contribution >= 4 is 0 Å². The Kier molecular flexibility index (Phi) is 32.2. The largest absolute Gasteiger partial charge is 4.00 e. The third-order valence-corrected chi connectivity index (χ3v) is 2.81. The molecule has 0 bridgehead atoms. The van der Waals surface area contributed by atoms with E-state index >= 15 is 0 Å². The fourth-order valence-corrected chi connectivity index (χ4v) is 1.32. The molecule has 0 fully saturated rings. The maximum absolute atomic E-state index is 4.50. The van der Waals surface area contributed by atoms with Gasteiger partial charge in [-0.1, -0.05) is 58.4 Å². The summed E-state index contributed by atoms with van der Waals surface area (Å²) < 4.78 is 0. The third kappa shape index (κ3) is 22.5. The summed E-state index contributed by atoms with van der Waals surface area (Å²) in [4.78, 5) is 0. The molecule has 1 aliphatic carbocycles. The average Bonchev–Trinajstić information content (AvgIpc) is 2.99. The SMILES string of the molecule is CC(C)[N-]CC(C)C1=CC=CC1.CC[N-]C.CC[N-]C.[CH3-].[Zr+4]. The van der Waals surface area contributed by atoms with Crippen LogP contribution >= 0.6 is 0 Å². The van der Waals surface area contributed by atoms with E-state index in [1.807, 2.05) is 13.8 Å². The molecule has 0 heterocycles. The molecular formula is C18H37N3Zr. The van der Waals surface area contributed by atoms with Crippen molar-refractivity contribution in [3.8, 4) is 0 Å². The molecule has 4 heteroatoms. The van der Waals surface area contributed by atoms with E-state index in [4.69, 9.17) is 0 Å². The molecule has 0 saturated heterocycles. The van der Waals surface area contributed by atoms with Crippen LogP contribution in [-0.2, 0) is 26.2 Å². The number of hydrogen-bond acceptors (Lipinski definition) is 0. The van der Waals surface area contributed by atoms with Crippen LogP contribution < -0.4 is 0 Å².